The molecule has 0 aromatic carbocycles. The van der Waals surface area contributed by atoms with Crippen molar-refractivity contribution in [3.8, 4) is 0 Å². The number of aliphatic carboxylic acids is 2. The first-order chi connectivity index (χ1) is 8.50. The van der Waals surface area contributed by atoms with Crippen LogP contribution in [0.3, 0.4) is 0 Å². The van der Waals surface area contributed by atoms with Gasteiger partial charge < -0.3 is 10.2 Å². The van der Waals surface area contributed by atoms with E-state index in [1.807, 2.05) is 0 Å². The fraction of sp³-hybridized carbons (Fsp3) is 0.714. The van der Waals surface area contributed by atoms with Gasteiger partial charge in [0.2, 0.25) is 0 Å². The molecule has 104 valence electrons. The number of hydrogen-bond acceptors (Lipinski definition) is 2. The van der Waals surface area contributed by atoms with E-state index in [4.69, 9.17) is 10.2 Å². The molecule has 0 fully saturated rings. The van der Waals surface area contributed by atoms with Gasteiger partial charge in [0.25, 0.3) is 0 Å². The maximum Gasteiger partial charge on any atom is 0.332 e. The zero-order valence-electron chi connectivity index (χ0n) is 11.3. The zero-order valence-corrected chi connectivity index (χ0v) is 11.3. The fourth-order valence-electron chi connectivity index (χ4n) is 1.76. The molecule has 0 bridgehead atoms. The monoisotopic (exact) mass is 256 g/mol. The van der Waals surface area contributed by atoms with Crippen LogP contribution >= 0.6 is 0 Å². The number of carboxylic acids is 2. The minimum atomic E-state index is -1.13. The second kappa shape index (κ2) is 9.68. The van der Waals surface area contributed by atoms with Gasteiger partial charge in [-0.3, -0.25) is 4.79 Å². The molecule has 4 heteroatoms. The third kappa shape index (κ3) is 7.09. The molecular formula is C14H24O4. The highest BCUT2D eigenvalue weighted by Crippen LogP contribution is 2.14. The summed E-state index contributed by atoms with van der Waals surface area (Å²) in [7, 11) is 0. The molecular weight excluding hydrogens is 232 g/mol. The van der Waals surface area contributed by atoms with Crippen molar-refractivity contribution in [2.75, 3.05) is 0 Å². The molecule has 0 saturated carbocycles. The van der Waals surface area contributed by atoms with Gasteiger partial charge in [-0.15, -0.1) is 0 Å². The van der Waals surface area contributed by atoms with Gasteiger partial charge in [0, 0.05) is 5.57 Å². The molecule has 1 unspecified atom stereocenters. The Bertz CT molecular complexity index is 294. The lowest BCUT2D eigenvalue weighted by Crippen LogP contribution is -2.18. The van der Waals surface area contributed by atoms with Crippen LogP contribution in [0.4, 0.5) is 0 Å². The van der Waals surface area contributed by atoms with Crippen LogP contribution in [0.5, 0.6) is 0 Å². The third-order valence-electron chi connectivity index (χ3n) is 3.01. The van der Waals surface area contributed by atoms with Crippen molar-refractivity contribution < 1.29 is 19.8 Å². The predicted molar refractivity (Wildman–Crippen MR) is 70.5 cm³/mol. The van der Waals surface area contributed by atoms with Crippen LogP contribution in [0.15, 0.2) is 11.6 Å². The van der Waals surface area contributed by atoms with Crippen LogP contribution in [0.25, 0.3) is 0 Å². The van der Waals surface area contributed by atoms with Crippen LogP contribution in [-0.2, 0) is 9.59 Å². The van der Waals surface area contributed by atoms with E-state index < -0.39 is 17.9 Å². The lowest BCUT2D eigenvalue weighted by Gasteiger charge is -2.07. The molecule has 0 aromatic heterocycles. The van der Waals surface area contributed by atoms with Gasteiger partial charge in [0.05, 0.1) is 5.92 Å². The smallest absolute Gasteiger partial charge is 0.332 e. The van der Waals surface area contributed by atoms with Gasteiger partial charge in [-0.25, -0.2) is 4.79 Å². The molecule has 0 aliphatic rings. The molecule has 2 N–H and O–H groups in total. The first-order valence-electron chi connectivity index (χ1n) is 6.66. The van der Waals surface area contributed by atoms with Crippen molar-refractivity contribution in [3.63, 3.8) is 0 Å². The molecule has 0 aliphatic carbocycles. The number of unbranched alkanes of at least 4 members (excludes halogenated alkanes) is 6. The molecule has 1 atom stereocenters. The molecule has 0 heterocycles. The topological polar surface area (TPSA) is 74.6 Å². The van der Waals surface area contributed by atoms with Crippen molar-refractivity contribution in [1.82, 2.24) is 0 Å². The Labute approximate surface area is 109 Å². The minimum absolute atomic E-state index is 0.00365. The Balaban J connectivity index is 4.03. The van der Waals surface area contributed by atoms with Crippen LogP contribution < -0.4 is 0 Å². The summed E-state index contributed by atoms with van der Waals surface area (Å²) >= 11 is 0. The van der Waals surface area contributed by atoms with Gasteiger partial charge in [-0.1, -0.05) is 45.1 Å². The minimum Gasteiger partial charge on any atom is -0.481 e. The number of hydrogen-bond donors (Lipinski definition) is 2. The summed E-state index contributed by atoms with van der Waals surface area (Å²) in [5, 5.41) is 17.7. The summed E-state index contributed by atoms with van der Waals surface area (Å²) < 4.78 is 0. The van der Waals surface area contributed by atoms with E-state index in [2.05, 4.69) is 6.92 Å². The Hall–Kier alpha value is -1.32. The van der Waals surface area contributed by atoms with E-state index in [0.717, 1.165) is 12.8 Å². The molecule has 0 aromatic rings. The molecule has 18 heavy (non-hydrogen) atoms. The van der Waals surface area contributed by atoms with Gasteiger partial charge in [-0.05, 0) is 19.8 Å². The number of rotatable bonds is 10. The summed E-state index contributed by atoms with van der Waals surface area (Å²) in [5.74, 6) is -3.16. The first-order valence-corrected chi connectivity index (χ1v) is 6.66. The van der Waals surface area contributed by atoms with Crippen LogP contribution in [0.1, 0.15) is 58.8 Å². The molecule has 0 rings (SSSR count). The average Bonchev–Trinajstić information content (AvgIpc) is 2.31. The van der Waals surface area contributed by atoms with Crippen LogP contribution in [0, 0.1) is 5.92 Å². The normalized spacial score (nSPS) is 13.3. The summed E-state index contributed by atoms with van der Waals surface area (Å²) in [6.07, 6.45) is 9.03. The first kappa shape index (κ1) is 16.7. The quantitative estimate of drug-likeness (QED) is 0.463. The van der Waals surface area contributed by atoms with Gasteiger partial charge >= 0.3 is 11.9 Å². The fourth-order valence-corrected chi connectivity index (χ4v) is 1.76. The highest BCUT2D eigenvalue weighted by Gasteiger charge is 2.21. The largest absolute Gasteiger partial charge is 0.481 e. The maximum atomic E-state index is 10.9. The Morgan fingerprint density at radius 2 is 1.61 bits per heavy atom. The third-order valence-corrected chi connectivity index (χ3v) is 3.01. The van der Waals surface area contributed by atoms with E-state index in [1.54, 1.807) is 6.08 Å². The van der Waals surface area contributed by atoms with Crippen molar-refractivity contribution in [2.45, 2.75) is 58.8 Å². The lowest BCUT2D eigenvalue weighted by atomic mass is 9.99. The summed E-state index contributed by atoms with van der Waals surface area (Å²) in [6, 6.07) is 0. The number of allylic oxidation sites excluding steroid dienone is 1. The molecule has 0 radical (unpaired) electrons. The Kier molecular flexibility index (Phi) is 8.97. The van der Waals surface area contributed by atoms with E-state index in [0.29, 0.717) is 6.42 Å². The molecule has 0 saturated heterocycles. The maximum absolute atomic E-state index is 10.9. The number of carboxylic acid groups (broad SMARTS) is 2. The Morgan fingerprint density at radius 3 is 2.11 bits per heavy atom. The molecule has 0 aliphatic heterocycles. The highest BCUT2D eigenvalue weighted by molar-refractivity contribution is 5.93. The number of carbonyl (C=O) groups is 2. The van der Waals surface area contributed by atoms with Crippen molar-refractivity contribution in [1.29, 1.82) is 0 Å². The molecule has 0 spiro atoms. The van der Waals surface area contributed by atoms with Gasteiger partial charge in [0.1, 0.15) is 0 Å². The molecule has 4 nitrogen and oxygen atoms in total. The zero-order chi connectivity index (χ0) is 14.0. The Morgan fingerprint density at radius 1 is 1.06 bits per heavy atom. The van der Waals surface area contributed by atoms with Crippen molar-refractivity contribution in [3.05, 3.63) is 11.6 Å². The molecule has 0 amide bonds. The van der Waals surface area contributed by atoms with E-state index in [-0.39, 0.29) is 5.57 Å². The SMILES string of the molecule is CCCCCCCCC=C(C(=O)O)C(C)C(=O)O. The van der Waals surface area contributed by atoms with Gasteiger partial charge in [0.15, 0.2) is 0 Å². The van der Waals surface area contributed by atoms with E-state index in [9.17, 15) is 9.59 Å². The summed E-state index contributed by atoms with van der Waals surface area (Å²) in [5.41, 5.74) is -0.00365. The van der Waals surface area contributed by atoms with Crippen molar-refractivity contribution in [2.24, 2.45) is 5.92 Å². The van der Waals surface area contributed by atoms with Crippen LogP contribution in [-0.4, -0.2) is 22.2 Å². The highest BCUT2D eigenvalue weighted by atomic mass is 16.4. The lowest BCUT2D eigenvalue weighted by molar-refractivity contribution is -0.143. The van der Waals surface area contributed by atoms with Crippen LogP contribution in [0.2, 0.25) is 0 Å². The van der Waals surface area contributed by atoms with E-state index >= 15 is 0 Å². The standard InChI is InChI=1S/C14H24O4/c1-3-4-5-6-7-8-9-10-12(14(17)18)11(2)13(15)16/h10-11H,3-9H2,1-2H3,(H,15,16)(H,17,18). The van der Waals surface area contributed by atoms with Crippen molar-refractivity contribution >= 4 is 11.9 Å². The average molecular weight is 256 g/mol. The summed E-state index contributed by atoms with van der Waals surface area (Å²) in [6.45, 7) is 3.57. The van der Waals surface area contributed by atoms with E-state index in [1.165, 1.54) is 32.6 Å². The van der Waals surface area contributed by atoms with Gasteiger partial charge in [-0.2, -0.15) is 0 Å². The second-order valence-electron chi connectivity index (χ2n) is 4.58. The second-order valence-corrected chi connectivity index (χ2v) is 4.58. The summed E-state index contributed by atoms with van der Waals surface area (Å²) in [4.78, 5) is 21.7. The predicted octanol–water partition coefficient (Wildman–Crippen LogP) is 3.47.